The van der Waals surface area contributed by atoms with Crippen molar-refractivity contribution in [2.24, 2.45) is 0 Å². The minimum atomic E-state index is 0.0634. The lowest BCUT2D eigenvalue weighted by Gasteiger charge is -2.34. The number of likely N-dealkylation sites (N-methyl/N-ethyl adjacent to an activating group) is 1. The predicted molar refractivity (Wildman–Crippen MR) is 112 cm³/mol. The number of amides is 1. The van der Waals surface area contributed by atoms with Crippen molar-refractivity contribution in [2.45, 2.75) is 26.7 Å². The van der Waals surface area contributed by atoms with Crippen molar-refractivity contribution in [1.82, 2.24) is 19.8 Å². The molecule has 1 aromatic heterocycles. The van der Waals surface area contributed by atoms with Crippen molar-refractivity contribution < 1.29 is 4.79 Å². The van der Waals surface area contributed by atoms with Crippen molar-refractivity contribution in [3.8, 4) is 11.4 Å². The minimum Gasteiger partial charge on any atom is -0.356 e. The normalized spacial score (nSPS) is 17.9. The zero-order valence-corrected chi connectivity index (χ0v) is 16.9. The molecule has 2 fully saturated rings. The summed E-state index contributed by atoms with van der Waals surface area (Å²) in [6, 6.07) is 8.21. The van der Waals surface area contributed by atoms with Crippen LogP contribution in [0.4, 0.5) is 5.82 Å². The molecule has 0 bridgehead atoms. The van der Waals surface area contributed by atoms with E-state index in [0.29, 0.717) is 11.4 Å². The maximum atomic E-state index is 13.3. The van der Waals surface area contributed by atoms with Gasteiger partial charge >= 0.3 is 0 Å². The standard InChI is InChI=1S/C22H29N5O/c1-3-25-11-13-27(14-12-25)22(28)19-16-23-20(18-8-6-7-17(2)15-18)24-21(19)26-9-4-5-10-26/h6-8,15-16H,3-5,9-14H2,1-2H3. The Morgan fingerprint density at radius 3 is 2.50 bits per heavy atom. The average molecular weight is 380 g/mol. The van der Waals surface area contributed by atoms with Crippen LogP contribution in [0.5, 0.6) is 0 Å². The van der Waals surface area contributed by atoms with Gasteiger partial charge in [0, 0.05) is 51.0 Å². The monoisotopic (exact) mass is 379 g/mol. The van der Waals surface area contributed by atoms with Crippen LogP contribution < -0.4 is 4.90 Å². The van der Waals surface area contributed by atoms with Crippen LogP contribution in [0.1, 0.15) is 35.7 Å². The van der Waals surface area contributed by atoms with Gasteiger partial charge in [-0.3, -0.25) is 4.79 Å². The first kappa shape index (κ1) is 18.9. The molecule has 28 heavy (non-hydrogen) atoms. The van der Waals surface area contributed by atoms with Crippen LogP contribution in [0, 0.1) is 6.92 Å². The molecule has 1 amide bonds. The largest absolute Gasteiger partial charge is 0.356 e. The molecule has 0 N–H and O–H groups in total. The second-order valence-electron chi connectivity index (χ2n) is 7.72. The molecular weight excluding hydrogens is 350 g/mol. The lowest BCUT2D eigenvalue weighted by atomic mass is 10.1. The third-order valence-electron chi connectivity index (χ3n) is 5.79. The Labute approximate surface area is 167 Å². The minimum absolute atomic E-state index is 0.0634. The Balaban J connectivity index is 1.65. The number of hydrogen-bond acceptors (Lipinski definition) is 5. The van der Waals surface area contributed by atoms with Crippen LogP contribution in [0.15, 0.2) is 30.5 Å². The molecular formula is C22H29N5O. The lowest BCUT2D eigenvalue weighted by molar-refractivity contribution is 0.0643. The first-order valence-electron chi connectivity index (χ1n) is 10.4. The summed E-state index contributed by atoms with van der Waals surface area (Å²) in [6.07, 6.45) is 4.03. The molecule has 0 saturated carbocycles. The van der Waals surface area contributed by atoms with Gasteiger partial charge in [0.2, 0.25) is 0 Å². The zero-order valence-electron chi connectivity index (χ0n) is 16.9. The highest BCUT2D eigenvalue weighted by Gasteiger charge is 2.27. The summed E-state index contributed by atoms with van der Waals surface area (Å²) in [5, 5.41) is 0. The van der Waals surface area contributed by atoms with Crippen molar-refractivity contribution in [3.63, 3.8) is 0 Å². The molecule has 0 aliphatic carbocycles. The molecule has 3 heterocycles. The van der Waals surface area contributed by atoms with E-state index in [2.05, 4.69) is 40.8 Å². The summed E-state index contributed by atoms with van der Waals surface area (Å²) in [6.45, 7) is 10.6. The molecule has 1 aromatic carbocycles. The SMILES string of the molecule is CCN1CCN(C(=O)c2cnc(-c3cccc(C)c3)nc2N2CCCC2)CC1. The maximum Gasteiger partial charge on any atom is 0.259 e. The number of rotatable bonds is 4. The van der Waals surface area contributed by atoms with Crippen molar-refractivity contribution in [1.29, 1.82) is 0 Å². The van der Waals surface area contributed by atoms with E-state index in [-0.39, 0.29) is 5.91 Å². The molecule has 2 aromatic rings. The smallest absolute Gasteiger partial charge is 0.259 e. The van der Waals surface area contributed by atoms with Crippen LogP contribution in [-0.2, 0) is 0 Å². The van der Waals surface area contributed by atoms with Crippen LogP contribution in [-0.4, -0.2) is 71.5 Å². The number of hydrogen-bond donors (Lipinski definition) is 0. The summed E-state index contributed by atoms with van der Waals surface area (Å²) in [5.74, 6) is 1.55. The molecule has 2 saturated heterocycles. The van der Waals surface area contributed by atoms with Gasteiger partial charge < -0.3 is 14.7 Å². The Hall–Kier alpha value is -2.47. The molecule has 0 atom stereocenters. The molecule has 0 radical (unpaired) electrons. The second-order valence-corrected chi connectivity index (χ2v) is 7.72. The quantitative estimate of drug-likeness (QED) is 0.818. The van der Waals surface area contributed by atoms with E-state index in [9.17, 15) is 4.79 Å². The van der Waals surface area contributed by atoms with Gasteiger partial charge in [0.15, 0.2) is 5.82 Å². The molecule has 6 heteroatoms. The topological polar surface area (TPSA) is 52.6 Å². The predicted octanol–water partition coefficient (Wildman–Crippen LogP) is 2.83. The summed E-state index contributed by atoms with van der Waals surface area (Å²) >= 11 is 0. The molecule has 6 nitrogen and oxygen atoms in total. The third kappa shape index (κ3) is 3.87. The summed E-state index contributed by atoms with van der Waals surface area (Å²) in [5.41, 5.74) is 2.82. The first-order valence-corrected chi connectivity index (χ1v) is 10.4. The summed E-state index contributed by atoms with van der Waals surface area (Å²) < 4.78 is 0. The first-order chi connectivity index (χ1) is 13.7. The van der Waals surface area contributed by atoms with Crippen LogP contribution >= 0.6 is 0 Å². The lowest BCUT2D eigenvalue weighted by Crippen LogP contribution is -2.48. The zero-order chi connectivity index (χ0) is 19.5. The number of aromatic nitrogens is 2. The van der Waals surface area contributed by atoms with Crippen molar-refractivity contribution in [2.75, 3.05) is 50.7 Å². The van der Waals surface area contributed by atoms with E-state index in [4.69, 9.17) is 4.98 Å². The number of carbonyl (C=O) groups excluding carboxylic acids is 1. The number of anilines is 1. The molecule has 4 rings (SSSR count). The molecule has 0 spiro atoms. The molecule has 2 aliphatic heterocycles. The number of carbonyl (C=O) groups is 1. The van der Waals surface area contributed by atoms with Crippen molar-refractivity contribution >= 4 is 11.7 Å². The Morgan fingerprint density at radius 2 is 1.82 bits per heavy atom. The van der Waals surface area contributed by atoms with E-state index in [0.717, 1.165) is 70.0 Å². The van der Waals surface area contributed by atoms with Gasteiger partial charge in [-0.1, -0.05) is 30.7 Å². The van der Waals surface area contributed by atoms with Gasteiger partial charge in [-0.05, 0) is 32.4 Å². The third-order valence-corrected chi connectivity index (χ3v) is 5.79. The van der Waals surface area contributed by atoms with E-state index in [1.54, 1.807) is 6.20 Å². The van der Waals surface area contributed by atoms with Gasteiger partial charge in [0.05, 0.1) is 0 Å². The fourth-order valence-electron chi connectivity index (χ4n) is 4.05. The van der Waals surface area contributed by atoms with E-state index >= 15 is 0 Å². The van der Waals surface area contributed by atoms with Gasteiger partial charge in [-0.2, -0.15) is 0 Å². The molecule has 2 aliphatic rings. The second kappa shape index (κ2) is 8.27. The van der Waals surface area contributed by atoms with Crippen LogP contribution in [0.3, 0.4) is 0 Å². The Morgan fingerprint density at radius 1 is 1.07 bits per heavy atom. The highest BCUT2D eigenvalue weighted by molar-refractivity contribution is 5.99. The van der Waals surface area contributed by atoms with Gasteiger partial charge in [-0.15, -0.1) is 0 Å². The number of benzene rings is 1. The van der Waals surface area contributed by atoms with Crippen LogP contribution in [0.25, 0.3) is 11.4 Å². The fourth-order valence-corrected chi connectivity index (χ4v) is 4.05. The van der Waals surface area contributed by atoms with Gasteiger partial charge in [0.25, 0.3) is 5.91 Å². The van der Waals surface area contributed by atoms with E-state index in [1.807, 2.05) is 17.0 Å². The van der Waals surface area contributed by atoms with E-state index < -0.39 is 0 Å². The fraction of sp³-hybridized carbons (Fsp3) is 0.500. The Kier molecular flexibility index (Phi) is 5.57. The molecule has 148 valence electrons. The number of piperazine rings is 1. The maximum absolute atomic E-state index is 13.3. The summed E-state index contributed by atoms with van der Waals surface area (Å²) in [4.78, 5) is 29.3. The average Bonchev–Trinajstić information content (AvgIpc) is 3.28. The van der Waals surface area contributed by atoms with Crippen LogP contribution in [0.2, 0.25) is 0 Å². The van der Waals surface area contributed by atoms with Gasteiger partial charge in [0.1, 0.15) is 11.4 Å². The van der Waals surface area contributed by atoms with Gasteiger partial charge in [-0.25, -0.2) is 9.97 Å². The highest BCUT2D eigenvalue weighted by Crippen LogP contribution is 2.27. The molecule has 0 unspecified atom stereocenters. The highest BCUT2D eigenvalue weighted by atomic mass is 16.2. The Bertz CT molecular complexity index is 839. The number of nitrogens with zero attached hydrogens (tertiary/aromatic N) is 5. The van der Waals surface area contributed by atoms with E-state index in [1.165, 1.54) is 5.56 Å². The van der Waals surface area contributed by atoms with Crippen molar-refractivity contribution in [3.05, 3.63) is 41.6 Å². The summed E-state index contributed by atoms with van der Waals surface area (Å²) in [7, 11) is 0. The number of aryl methyl sites for hydroxylation is 1.